The second-order valence-electron chi connectivity index (χ2n) is 5.99. The maximum Gasteiger partial charge on any atom is 0.573 e. The third-order valence-electron chi connectivity index (χ3n) is 4.10. The lowest BCUT2D eigenvalue weighted by molar-refractivity contribution is -0.274. The van der Waals surface area contributed by atoms with Crippen molar-refractivity contribution in [1.82, 2.24) is 10.6 Å². The Hall–Kier alpha value is -1.96. The number of rotatable bonds is 6. The number of para-hydroxylation sites is 1. The van der Waals surface area contributed by atoms with Gasteiger partial charge in [-0.2, -0.15) is 0 Å². The molecule has 8 heteroatoms. The number of halogens is 3. The van der Waals surface area contributed by atoms with Gasteiger partial charge < -0.3 is 20.5 Å². The zero-order valence-electron chi connectivity index (χ0n) is 14.1. The SMILES string of the molecule is CCNC(=NCc1ccccc1OC(F)(F)F)NCC1CCCC1O. The molecule has 25 heavy (non-hydrogen) atoms. The third kappa shape index (κ3) is 6.45. The second-order valence-corrected chi connectivity index (χ2v) is 5.99. The number of benzene rings is 1. The lowest BCUT2D eigenvalue weighted by atomic mass is 10.1. The summed E-state index contributed by atoms with van der Waals surface area (Å²) in [5.74, 6) is 0.425. The summed E-state index contributed by atoms with van der Waals surface area (Å²) >= 11 is 0. The summed E-state index contributed by atoms with van der Waals surface area (Å²) < 4.78 is 41.4. The van der Waals surface area contributed by atoms with Crippen LogP contribution in [0.2, 0.25) is 0 Å². The lowest BCUT2D eigenvalue weighted by Crippen LogP contribution is -2.41. The Morgan fingerprint density at radius 3 is 2.68 bits per heavy atom. The molecule has 1 aliphatic rings. The maximum absolute atomic E-state index is 12.5. The number of nitrogens with zero attached hydrogens (tertiary/aromatic N) is 1. The Bertz CT molecular complexity index is 579. The minimum atomic E-state index is -4.73. The summed E-state index contributed by atoms with van der Waals surface area (Å²) in [6.45, 7) is 3.16. The van der Waals surface area contributed by atoms with Crippen molar-refractivity contribution < 1.29 is 23.0 Å². The van der Waals surface area contributed by atoms with Crippen LogP contribution < -0.4 is 15.4 Å². The Morgan fingerprint density at radius 2 is 2.04 bits per heavy atom. The monoisotopic (exact) mass is 359 g/mol. The second kappa shape index (κ2) is 8.94. The molecule has 2 rings (SSSR count). The van der Waals surface area contributed by atoms with E-state index in [9.17, 15) is 18.3 Å². The van der Waals surface area contributed by atoms with Gasteiger partial charge in [-0.05, 0) is 25.8 Å². The van der Waals surface area contributed by atoms with Crippen molar-refractivity contribution >= 4 is 5.96 Å². The summed E-state index contributed by atoms with van der Waals surface area (Å²) in [6.07, 6.45) is -2.28. The molecule has 0 saturated heterocycles. The van der Waals surface area contributed by atoms with Gasteiger partial charge >= 0.3 is 6.36 Å². The Balaban J connectivity index is 2.00. The van der Waals surface area contributed by atoms with E-state index in [4.69, 9.17) is 0 Å². The van der Waals surface area contributed by atoms with Gasteiger partial charge in [-0.1, -0.05) is 24.6 Å². The average Bonchev–Trinajstić information content (AvgIpc) is 2.95. The van der Waals surface area contributed by atoms with E-state index in [0.717, 1.165) is 19.3 Å². The van der Waals surface area contributed by atoms with Crippen LogP contribution in [0, 0.1) is 5.92 Å². The minimum Gasteiger partial charge on any atom is -0.405 e. The van der Waals surface area contributed by atoms with E-state index in [2.05, 4.69) is 20.4 Å². The molecule has 5 nitrogen and oxygen atoms in total. The standard InChI is InChI=1S/C17H24F3N3O2/c1-2-21-16(22-10-12-7-5-8-14(12)24)23-11-13-6-3-4-9-15(13)25-17(18,19)20/h3-4,6,9,12,14,24H,2,5,7-8,10-11H2,1H3,(H2,21,22,23). The largest absolute Gasteiger partial charge is 0.573 e. The molecule has 0 spiro atoms. The summed E-state index contributed by atoms with van der Waals surface area (Å²) in [5, 5.41) is 16.1. The fraction of sp³-hybridized carbons (Fsp3) is 0.588. The van der Waals surface area contributed by atoms with Gasteiger partial charge in [-0.25, -0.2) is 4.99 Å². The first-order chi connectivity index (χ1) is 11.9. The van der Waals surface area contributed by atoms with Crippen LogP contribution in [0.25, 0.3) is 0 Å². The maximum atomic E-state index is 12.5. The Kier molecular flexibility index (Phi) is 6.92. The van der Waals surface area contributed by atoms with E-state index in [1.54, 1.807) is 12.1 Å². The molecule has 140 valence electrons. The molecule has 0 amide bonds. The fourth-order valence-electron chi connectivity index (χ4n) is 2.85. The van der Waals surface area contributed by atoms with Crippen LogP contribution in [0.15, 0.2) is 29.3 Å². The molecule has 2 atom stereocenters. The molecule has 1 aromatic carbocycles. The van der Waals surface area contributed by atoms with E-state index in [0.29, 0.717) is 24.6 Å². The van der Waals surface area contributed by atoms with E-state index < -0.39 is 6.36 Å². The summed E-state index contributed by atoms with van der Waals surface area (Å²) in [6, 6.07) is 5.95. The molecule has 3 N–H and O–H groups in total. The van der Waals surface area contributed by atoms with Crippen molar-refractivity contribution in [3.63, 3.8) is 0 Å². The van der Waals surface area contributed by atoms with Crippen molar-refractivity contribution in [2.75, 3.05) is 13.1 Å². The molecule has 2 unspecified atom stereocenters. The zero-order valence-corrected chi connectivity index (χ0v) is 14.1. The number of aliphatic hydroxyl groups is 1. The number of guanidine groups is 1. The van der Waals surface area contributed by atoms with Crippen LogP contribution in [-0.2, 0) is 6.54 Å². The van der Waals surface area contributed by atoms with E-state index in [1.807, 2.05) is 6.92 Å². The summed E-state index contributed by atoms with van der Waals surface area (Å²) in [7, 11) is 0. The molecule has 1 fully saturated rings. The van der Waals surface area contributed by atoms with Crippen LogP contribution in [0.5, 0.6) is 5.75 Å². The Morgan fingerprint density at radius 1 is 1.28 bits per heavy atom. The van der Waals surface area contributed by atoms with E-state index in [-0.39, 0.29) is 24.3 Å². The summed E-state index contributed by atoms with van der Waals surface area (Å²) in [5.41, 5.74) is 0.345. The van der Waals surface area contributed by atoms with Crippen LogP contribution in [0.1, 0.15) is 31.7 Å². The van der Waals surface area contributed by atoms with Gasteiger partial charge in [0, 0.05) is 24.6 Å². The third-order valence-corrected chi connectivity index (χ3v) is 4.10. The minimum absolute atomic E-state index is 0.0504. The molecule has 1 aromatic rings. The molecule has 1 saturated carbocycles. The number of hydrogen-bond donors (Lipinski definition) is 3. The van der Waals surface area contributed by atoms with Gasteiger partial charge in [0.15, 0.2) is 5.96 Å². The van der Waals surface area contributed by atoms with Gasteiger partial charge in [0.2, 0.25) is 0 Å². The first-order valence-electron chi connectivity index (χ1n) is 8.43. The molecular weight excluding hydrogens is 335 g/mol. The first-order valence-corrected chi connectivity index (χ1v) is 8.43. The highest BCUT2D eigenvalue weighted by atomic mass is 19.4. The van der Waals surface area contributed by atoms with Gasteiger partial charge in [0.05, 0.1) is 12.6 Å². The Labute approximate surface area is 145 Å². The molecule has 1 aliphatic carbocycles. The average molecular weight is 359 g/mol. The van der Waals surface area contributed by atoms with E-state index in [1.165, 1.54) is 12.1 Å². The van der Waals surface area contributed by atoms with Crippen LogP contribution in [0.3, 0.4) is 0 Å². The molecular formula is C17H24F3N3O2. The molecule has 0 bridgehead atoms. The number of ether oxygens (including phenoxy) is 1. The van der Waals surface area contributed by atoms with E-state index >= 15 is 0 Å². The highest BCUT2D eigenvalue weighted by Crippen LogP contribution is 2.27. The van der Waals surface area contributed by atoms with Gasteiger partial charge in [-0.3, -0.25) is 0 Å². The topological polar surface area (TPSA) is 65.9 Å². The quantitative estimate of drug-likeness (QED) is 0.540. The molecule has 0 aromatic heterocycles. The summed E-state index contributed by atoms with van der Waals surface area (Å²) in [4.78, 5) is 4.33. The molecule has 0 heterocycles. The number of alkyl halides is 3. The normalized spacial score (nSPS) is 21.2. The van der Waals surface area contributed by atoms with Crippen LogP contribution in [-0.4, -0.2) is 36.6 Å². The highest BCUT2D eigenvalue weighted by Gasteiger charge is 2.32. The number of aliphatic imine (C=N–C) groups is 1. The number of nitrogens with one attached hydrogen (secondary N) is 2. The van der Waals surface area contributed by atoms with Crippen molar-refractivity contribution in [3.8, 4) is 5.75 Å². The van der Waals surface area contributed by atoms with Gasteiger partial charge in [-0.15, -0.1) is 13.2 Å². The predicted molar refractivity (Wildman–Crippen MR) is 89.3 cm³/mol. The van der Waals surface area contributed by atoms with Gasteiger partial charge in [0.1, 0.15) is 5.75 Å². The number of hydrogen-bond acceptors (Lipinski definition) is 3. The smallest absolute Gasteiger partial charge is 0.405 e. The van der Waals surface area contributed by atoms with Crippen LogP contribution >= 0.6 is 0 Å². The van der Waals surface area contributed by atoms with Gasteiger partial charge in [0.25, 0.3) is 0 Å². The van der Waals surface area contributed by atoms with Crippen molar-refractivity contribution in [2.45, 2.75) is 45.2 Å². The van der Waals surface area contributed by atoms with Crippen LogP contribution in [0.4, 0.5) is 13.2 Å². The molecule has 0 aliphatic heterocycles. The number of aliphatic hydroxyl groups excluding tert-OH is 1. The molecule has 0 radical (unpaired) electrons. The highest BCUT2D eigenvalue weighted by molar-refractivity contribution is 5.79. The first kappa shape index (κ1) is 19.4. The van der Waals surface area contributed by atoms with Crippen molar-refractivity contribution in [2.24, 2.45) is 10.9 Å². The van der Waals surface area contributed by atoms with Crippen molar-refractivity contribution in [1.29, 1.82) is 0 Å². The lowest BCUT2D eigenvalue weighted by Gasteiger charge is -2.18. The fourth-order valence-corrected chi connectivity index (χ4v) is 2.85. The van der Waals surface area contributed by atoms with Crippen molar-refractivity contribution in [3.05, 3.63) is 29.8 Å². The zero-order chi connectivity index (χ0) is 18.3. The predicted octanol–water partition coefficient (Wildman–Crippen LogP) is 2.80.